The number of benzene rings is 3. The molecule has 172 valence electrons. The summed E-state index contributed by atoms with van der Waals surface area (Å²) in [5.41, 5.74) is 3.40. The Morgan fingerprint density at radius 2 is 1.71 bits per heavy atom. The molecule has 2 aromatic heterocycles. The van der Waals surface area contributed by atoms with Crippen molar-refractivity contribution in [1.29, 1.82) is 0 Å². The van der Waals surface area contributed by atoms with Crippen LogP contribution >= 0.6 is 0 Å². The van der Waals surface area contributed by atoms with Gasteiger partial charge in [-0.3, -0.25) is 14.9 Å². The second-order valence-electron chi connectivity index (χ2n) is 7.97. The highest BCUT2D eigenvalue weighted by Gasteiger charge is 2.18. The molecular weight excluding hydrogens is 444 g/mol. The van der Waals surface area contributed by atoms with Crippen LogP contribution in [0.3, 0.4) is 0 Å². The van der Waals surface area contributed by atoms with Gasteiger partial charge in [-0.2, -0.15) is 5.10 Å². The molecule has 0 radical (unpaired) electrons. The first-order valence-electron chi connectivity index (χ1n) is 11.1. The standard InChI is InChI=1S/C27H20N4O4/c32-27(29-19-7-9-24-25(14-19)34-11-10-33-24)26-22-13-17(6-8-23(22)30-31-26)18-12-21(16-28-15-18)35-20-4-2-1-3-5-20/h1-9,12-16H,10-11H2,(H,29,32)(H,30,31). The number of nitrogens with one attached hydrogen (secondary N) is 2. The molecule has 0 saturated heterocycles. The summed E-state index contributed by atoms with van der Waals surface area (Å²) in [5.74, 6) is 2.29. The van der Waals surface area contributed by atoms with Gasteiger partial charge in [-0.15, -0.1) is 0 Å². The third kappa shape index (κ3) is 4.24. The lowest BCUT2D eigenvalue weighted by Crippen LogP contribution is -2.16. The molecule has 0 bridgehead atoms. The van der Waals surface area contributed by atoms with E-state index >= 15 is 0 Å². The molecule has 0 unspecified atom stereocenters. The van der Waals surface area contributed by atoms with E-state index in [9.17, 15) is 4.79 Å². The summed E-state index contributed by atoms with van der Waals surface area (Å²) in [4.78, 5) is 17.4. The highest BCUT2D eigenvalue weighted by Crippen LogP contribution is 2.33. The van der Waals surface area contributed by atoms with Gasteiger partial charge in [-0.25, -0.2) is 0 Å². The number of para-hydroxylation sites is 1. The number of rotatable bonds is 5. The van der Waals surface area contributed by atoms with E-state index in [1.165, 1.54) is 0 Å². The number of hydrogen-bond donors (Lipinski definition) is 2. The molecule has 6 rings (SSSR count). The second-order valence-corrected chi connectivity index (χ2v) is 7.97. The van der Waals surface area contributed by atoms with Gasteiger partial charge in [0.05, 0.1) is 11.7 Å². The van der Waals surface area contributed by atoms with Crippen molar-refractivity contribution >= 4 is 22.5 Å². The number of aromatic nitrogens is 3. The number of pyridine rings is 1. The van der Waals surface area contributed by atoms with Gasteiger partial charge in [0, 0.05) is 28.9 Å². The van der Waals surface area contributed by atoms with Gasteiger partial charge in [0.15, 0.2) is 17.2 Å². The lowest BCUT2D eigenvalue weighted by atomic mass is 10.0. The molecule has 2 N–H and O–H groups in total. The molecular formula is C27H20N4O4. The van der Waals surface area contributed by atoms with Crippen LogP contribution in [0.15, 0.2) is 85.2 Å². The predicted molar refractivity (Wildman–Crippen MR) is 131 cm³/mol. The Morgan fingerprint density at radius 1 is 0.857 bits per heavy atom. The molecule has 1 aliphatic rings. The second kappa shape index (κ2) is 8.83. The molecule has 8 nitrogen and oxygen atoms in total. The molecule has 0 spiro atoms. The van der Waals surface area contributed by atoms with E-state index in [4.69, 9.17) is 14.2 Å². The molecule has 0 saturated carbocycles. The number of carbonyl (C=O) groups is 1. The zero-order valence-corrected chi connectivity index (χ0v) is 18.5. The first-order valence-corrected chi connectivity index (χ1v) is 11.1. The quantitative estimate of drug-likeness (QED) is 0.359. The maximum absolute atomic E-state index is 13.1. The summed E-state index contributed by atoms with van der Waals surface area (Å²) in [6.07, 6.45) is 3.42. The van der Waals surface area contributed by atoms with Crippen LogP contribution in [0.1, 0.15) is 10.5 Å². The summed E-state index contributed by atoms with van der Waals surface area (Å²) in [5, 5.41) is 10.8. The molecule has 1 amide bonds. The van der Waals surface area contributed by atoms with Crippen LogP contribution in [0.5, 0.6) is 23.0 Å². The van der Waals surface area contributed by atoms with E-state index in [0.717, 1.165) is 22.4 Å². The molecule has 3 heterocycles. The average Bonchev–Trinajstić information content (AvgIpc) is 3.33. The minimum absolute atomic E-state index is 0.293. The number of fused-ring (bicyclic) bond motifs is 2. The molecule has 0 aliphatic carbocycles. The zero-order valence-electron chi connectivity index (χ0n) is 18.5. The lowest BCUT2D eigenvalue weighted by Gasteiger charge is -2.18. The lowest BCUT2D eigenvalue weighted by molar-refractivity contribution is 0.102. The fraction of sp³-hybridized carbons (Fsp3) is 0.0741. The first kappa shape index (κ1) is 20.7. The third-order valence-corrected chi connectivity index (χ3v) is 5.60. The number of carbonyl (C=O) groups excluding carboxylic acids is 1. The topological polar surface area (TPSA) is 98.4 Å². The van der Waals surface area contributed by atoms with Crippen LogP contribution in [-0.4, -0.2) is 34.3 Å². The monoisotopic (exact) mass is 464 g/mol. The van der Waals surface area contributed by atoms with Crippen molar-refractivity contribution in [3.8, 4) is 34.1 Å². The molecule has 5 aromatic rings. The number of hydrogen-bond acceptors (Lipinski definition) is 6. The Morgan fingerprint density at radius 3 is 2.60 bits per heavy atom. The molecule has 0 fully saturated rings. The predicted octanol–water partition coefficient (Wildman–Crippen LogP) is 5.44. The van der Waals surface area contributed by atoms with Crippen molar-refractivity contribution in [2.75, 3.05) is 18.5 Å². The van der Waals surface area contributed by atoms with Gasteiger partial charge >= 0.3 is 0 Å². The van der Waals surface area contributed by atoms with Gasteiger partial charge in [0.25, 0.3) is 5.91 Å². The fourth-order valence-electron chi connectivity index (χ4n) is 3.94. The number of H-pyrrole nitrogens is 1. The van der Waals surface area contributed by atoms with Gasteiger partial charge < -0.3 is 19.5 Å². The first-order chi connectivity index (χ1) is 17.2. The number of nitrogens with zero attached hydrogens (tertiary/aromatic N) is 2. The molecule has 8 heteroatoms. The Kier molecular flexibility index (Phi) is 5.23. The largest absolute Gasteiger partial charge is 0.486 e. The molecule has 3 aromatic carbocycles. The van der Waals surface area contributed by atoms with Crippen molar-refractivity contribution in [3.63, 3.8) is 0 Å². The van der Waals surface area contributed by atoms with E-state index in [1.54, 1.807) is 30.6 Å². The van der Waals surface area contributed by atoms with E-state index in [2.05, 4.69) is 20.5 Å². The van der Waals surface area contributed by atoms with Crippen LogP contribution in [0.4, 0.5) is 5.69 Å². The Hall–Kier alpha value is -4.85. The summed E-state index contributed by atoms with van der Waals surface area (Å²) < 4.78 is 17.1. The summed E-state index contributed by atoms with van der Waals surface area (Å²) in [7, 11) is 0. The van der Waals surface area contributed by atoms with Crippen molar-refractivity contribution < 1.29 is 19.0 Å². The third-order valence-electron chi connectivity index (χ3n) is 5.60. The van der Waals surface area contributed by atoms with Gasteiger partial charge in [0.1, 0.15) is 24.7 Å². The average molecular weight is 464 g/mol. The minimum Gasteiger partial charge on any atom is -0.486 e. The Balaban J connectivity index is 1.27. The molecule has 1 aliphatic heterocycles. The number of anilines is 1. The fourth-order valence-corrected chi connectivity index (χ4v) is 3.94. The van der Waals surface area contributed by atoms with Crippen LogP contribution in [0, 0.1) is 0 Å². The number of amides is 1. The molecule has 35 heavy (non-hydrogen) atoms. The highest BCUT2D eigenvalue weighted by atomic mass is 16.6. The Bertz CT molecular complexity index is 1530. The van der Waals surface area contributed by atoms with Gasteiger partial charge in [0.2, 0.25) is 0 Å². The number of ether oxygens (including phenoxy) is 3. The van der Waals surface area contributed by atoms with E-state index < -0.39 is 0 Å². The maximum Gasteiger partial charge on any atom is 0.276 e. The van der Waals surface area contributed by atoms with Crippen molar-refractivity contribution in [2.45, 2.75) is 0 Å². The van der Waals surface area contributed by atoms with Gasteiger partial charge in [-0.1, -0.05) is 24.3 Å². The maximum atomic E-state index is 13.1. The normalized spacial score (nSPS) is 12.3. The van der Waals surface area contributed by atoms with E-state index in [-0.39, 0.29) is 5.91 Å². The summed E-state index contributed by atoms with van der Waals surface area (Å²) >= 11 is 0. The van der Waals surface area contributed by atoms with Crippen molar-refractivity contribution in [1.82, 2.24) is 15.2 Å². The van der Waals surface area contributed by atoms with Crippen molar-refractivity contribution in [3.05, 3.63) is 90.9 Å². The van der Waals surface area contributed by atoms with Crippen LogP contribution in [0.2, 0.25) is 0 Å². The molecule has 0 atom stereocenters. The smallest absolute Gasteiger partial charge is 0.276 e. The van der Waals surface area contributed by atoms with Gasteiger partial charge in [-0.05, 0) is 48.0 Å². The summed E-state index contributed by atoms with van der Waals surface area (Å²) in [6, 6.07) is 22.5. The van der Waals surface area contributed by atoms with Crippen LogP contribution in [-0.2, 0) is 0 Å². The minimum atomic E-state index is -0.329. The highest BCUT2D eigenvalue weighted by molar-refractivity contribution is 6.11. The van der Waals surface area contributed by atoms with Crippen LogP contribution in [0.25, 0.3) is 22.0 Å². The van der Waals surface area contributed by atoms with Crippen LogP contribution < -0.4 is 19.5 Å². The van der Waals surface area contributed by atoms with Crippen molar-refractivity contribution in [2.24, 2.45) is 0 Å². The van der Waals surface area contributed by atoms with E-state index in [0.29, 0.717) is 47.2 Å². The number of aromatic amines is 1. The SMILES string of the molecule is O=C(Nc1ccc2c(c1)OCCO2)c1n[nH]c2ccc(-c3cncc(Oc4ccccc4)c3)cc12. The Labute approximate surface area is 200 Å². The zero-order chi connectivity index (χ0) is 23.6. The van der Waals surface area contributed by atoms with E-state index in [1.807, 2.05) is 54.6 Å². The summed E-state index contributed by atoms with van der Waals surface area (Å²) in [6.45, 7) is 0.987.